The lowest BCUT2D eigenvalue weighted by atomic mass is 9.82. The summed E-state index contributed by atoms with van der Waals surface area (Å²) in [6.45, 7) is 1.09. The van der Waals surface area contributed by atoms with E-state index in [1.54, 1.807) is 0 Å². The summed E-state index contributed by atoms with van der Waals surface area (Å²) in [5.74, 6) is -4.41. The summed E-state index contributed by atoms with van der Waals surface area (Å²) in [6, 6.07) is 4.14. The summed E-state index contributed by atoms with van der Waals surface area (Å²) in [5, 5.41) is 2.66. The fourth-order valence-electron chi connectivity index (χ4n) is 3.92. The Hall–Kier alpha value is -2.74. The molecule has 3 heterocycles. The van der Waals surface area contributed by atoms with Gasteiger partial charge in [-0.2, -0.15) is 0 Å². The van der Waals surface area contributed by atoms with E-state index in [9.17, 15) is 23.6 Å². The highest BCUT2D eigenvalue weighted by atomic mass is 35.5. The quantitative estimate of drug-likeness (QED) is 0.587. The second kappa shape index (κ2) is 7.01. The standard InChI is InChI=1S/C19H17ClFN3O4/c20-12-8-10(2-3-13(12)21)9-23-7-4-11-14(18(23)27)16(25)19(28)24-6-1-5-22-17(26)15(11)24/h2-3,8,14H,1,4-7,9H2,(H,22,26). The predicted molar refractivity (Wildman–Crippen MR) is 96.3 cm³/mol. The third-order valence-electron chi connectivity index (χ3n) is 5.27. The van der Waals surface area contributed by atoms with Gasteiger partial charge in [-0.25, -0.2) is 4.39 Å². The Morgan fingerprint density at radius 3 is 2.71 bits per heavy atom. The Kier molecular flexibility index (Phi) is 4.66. The van der Waals surface area contributed by atoms with Crippen LogP contribution in [0.2, 0.25) is 5.02 Å². The van der Waals surface area contributed by atoms with Crippen molar-refractivity contribution in [2.24, 2.45) is 5.92 Å². The molecule has 0 bridgehead atoms. The molecule has 1 atom stereocenters. The number of hydrogen-bond donors (Lipinski definition) is 1. The molecule has 4 rings (SSSR count). The van der Waals surface area contributed by atoms with Crippen molar-refractivity contribution in [3.05, 3.63) is 45.9 Å². The number of likely N-dealkylation sites (tertiary alicyclic amines) is 1. The van der Waals surface area contributed by atoms with E-state index in [1.165, 1.54) is 28.0 Å². The highest BCUT2D eigenvalue weighted by Gasteiger charge is 2.49. The van der Waals surface area contributed by atoms with Crippen molar-refractivity contribution >= 4 is 35.1 Å². The van der Waals surface area contributed by atoms with Crippen LogP contribution in [-0.4, -0.2) is 52.9 Å². The van der Waals surface area contributed by atoms with Crippen LogP contribution in [0, 0.1) is 11.7 Å². The Bertz CT molecular complexity index is 945. The number of amides is 3. The summed E-state index contributed by atoms with van der Waals surface area (Å²) in [6.07, 6.45) is 0.848. The lowest BCUT2D eigenvalue weighted by molar-refractivity contribution is -0.153. The molecule has 0 saturated carbocycles. The van der Waals surface area contributed by atoms with Crippen LogP contribution >= 0.6 is 11.6 Å². The molecule has 146 valence electrons. The molecule has 0 aromatic heterocycles. The number of benzene rings is 1. The fraction of sp³-hybridized carbons (Fsp3) is 0.368. The van der Waals surface area contributed by atoms with Crippen LogP contribution in [0.5, 0.6) is 0 Å². The number of rotatable bonds is 2. The third-order valence-corrected chi connectivity index (χ3v) is 5.56. The van der Waals surface area contributed by atoms with Gasteiger partial charge in [0.1, 0.15) is 17.4 Å². The van der Waals surface area contributed by atoms with Crippen molar-refractivity contribution < 1.29 is 23.6 Å². The van der Waals surface area contributed by atoms with Crippen molar-refractivity contribution in [1.82, 2.24) is 15.1 Å². The van der Waals surface area contributed by atoms with E-state index in [1.807, 2.05) is 0 Å². The maximum atomic E-state index is 13.4. The van der Waals surface area contributed by atoms with Crippen LogP contribution in [0.1, 0.15) is 18.4 Å². The lowest BCUT2D eigenvalue weighted by Gasteiger charge is -2.39. The van der Waals surface area contributed by atoms with Crippen molar-refractivity contribution in [3.63, 3.8) is 0 Å². The van der Waals surface area contributed by atoms with Crippen LogP contribution in [0.25, 0.3) is 0 Å². The minimum atomic E-state index is -1.27. The number of halogens is 2. The summed E-state index contributed by atoms with van der Waals surface area (Å²) < 4.78 is 13.4. The maximum Gasteiger partial charge on any atom is 0.295 e. The maximum absolute atomic E-state index is 13.4. The first-order valence-electron chi connectivity index (χ1n) is 8.98. The third kappa shape index (κ3) is 2.97. The highest BCUT2D eigenvalue weighted by molar-refractivity contribution is 6.43. The second-order valence-corrected chi connectivity index (χ2v) is 7.40. The van der Waals surface area contributed by atoms with E-state index in [0.717, 1.165) is 0 Å². The van der Waals surface area contributed by atoms with Crippen molar-refractivity contribution in [2.75, 3.05) is 19.6 Å². The Balaban J connectivity index is 1.67. The smallest absolute Gasteiger partial charge is 0.295 e. The molecule has 0 aliphatic carbocycles. The minimum Gasteiger partial charge on any atom is -0.351 e. The summed E-state index contributed by atoms with van der Waals surface area (Å²) in [4.78, 5) is 53.3. The number of nitrogens with one attached hydrogen (secondary N) is 1. The van der Waals surface area contributed by atoms with Crippen LogP contribution < -0.4 is 5.32 Å². The average Bonchev–Trinajstić information content (AvgIpc) is 2.86. The van der Waals surface area contributed by atoms with Gasteiger partial charge in [0.05, 0.1) is 5.02 Å². The van der Waals surface area contributed by atoms with Gasteiger partial charge < -0.3 is 15.1 Å². The topological polar surface area (TPSA) is 86.8 Å². The Morgan fingerprint density at radius 2 is 1.96 bits per heavy atom. The monoisotopic (exact) mass is 405 g/mol. The molecule has 9 heteroatoms. The molecule has 3 aliphatic heterocycles. The van der Waals surface area contributed by atoms with Crippen LogP contribution in [0.15, 0.2) is 29.5 Å². The first-order chi connectivity index (χ1) is 13.4. The Morgan fingerprint density at radius 1 is 1.18 bits per heavy atom. The van der Waals surface area contributed by atoms with Crippen molar-refractivity contribution in [3.8, 4) is 0 Å². The summed E-state index contributed by atoms with van der Waals surface area (Å²) in [5.41, 5.74) is 1.16. The number of nitrogens with zero attached hydrogens (tertiary/aromatic N) is 2. The average molecular weight is 406 g/mol. The molecule has 0 radical (unpaired) electrons. The van der Waals surface area contributed by atoms with Crippen molar-refractivity contribution in [1.29, 1.82) is 0 Å². The molecule has 2 saturated heterocycles. The molecule has 1 unspecified atom stereocenters. The van der Waals surface area contributed by atoms with Gasteiger partial charge >= 0.3 is 0 Å². The van der Waals surface area contributed by atoms with E-state index < -0.39 is 35.2 Å². The minimum absolute atomic E-state index is 0.0561. The second-order valence-electron chi connectivity index (χ2n) is 7.00. The molecule has 28 heavy (non-hydrogen) atoms. The van der Waals surface area contributed by atoms with E-state index >= 15 is 0 Å². The van der Waals surface area contributed by atoms with Crippen molar-refractivity contribution in [2.45, 2.75) is 19.4 Å². The molecule has 3 amide bonds. The van der Waals surface area contributed by atoms with E-state index in [0.29, 0.717) is 30.5 Å². The van der Waals surface area contributed by atoms with Gasteiger partial charge in [-0.15, -0.1) is 0 Å². The van der Waals surface area contributed by atoms with E-state index in [-0.39, 0.29) is 30.4 Å². The largest absolute Gasteiger partial charge is 0.351 e. The van der Waals surface area contributed by atoms with Gasteiger partial charge in [0.25, 0.3) is 11.8 Å². The summed E-state index contributed by atoms with van der Waals surface area (Å²) >= 11 is 5.79. The SMILES string of the molecule is O=C1NCCCN2C(=O)C(=O)C3C(=O)N(Cc4ccc(F)c(Cl)c4)CCC3=C12. The highest BCUT2D eigenvalue weighted by Crippen LogP contribution is 2.35. The van der Waals surface area contributed by atoms with Crippen LogP contribution in [0.3, 0.4) is 0 Å². The van der Waals surface area contributed by atoms with Gasteiger partial charge in [0, 0.05) is 26.2 Å². The number of hydrogen-bond acceptors (Lipinski definition) is 4. The first kappa shape index (κ1) is 18.6. The van der Waals surface area contributed by atoms with Gasteiger partial charge in [0.15, 0.2) is 0 Å². The normalized spacial score (nSPS) is 22.7. The number of piperidine rings is 1. The number of ketones is 1. The van der Waals surface area contributed by atoms with Crippen LogP contribution in [-0.2, 0) is 25.7 Å². The molecule has 0 spiro atoms. The number of carbonyl (C=O) groups excluding carboxylic acids is 4. The zero-order valence-corrected chi connectivity index (χ0v) is 15.6. The molecule has 2 fully saturated rings. The van der Waals surface area contributed by atoms with E-state index in [2.05, 4.69) is 5.32 Å². The molecule has 3 aliphatic rings. The van der Waals surface area contributed by atoms with Gasteiger partial charge in [0.2, 0.25) is 11.7 Å². The zero-order valence-electron chi connectivity index (χ0n) is 14.8. The van der Waals surface area contributed by atoms with E-state index in [4.69, 9.17) is 11.6 Å². The summed E-state index contributed by atoms with van der Waals surface area (Å²) in [7, 11) is 0. The fourth-order valence-corrected chi connectivity index (χ4v) is 4.12. The van der Waals surface area contributed by atoms with Gasteiger partial charge in [-0.05, 0) is 36.1 Å². The Labute approximate surface area is 165 Å². The predicted octanol–water partition coefficient (Wildman–Crippen LogP) is 1.01. The zero-order chi connectivity index (χ0) is 20.0. The molecule has 1 aromatic carbocycles. The molecule has 1 N–H and O–H groups in total. The number of Topliss-reactive ketones (excluding diaryl/α,β-unsaturated/α-hetero) is 1. The van der Waals surface area contributed by atoms with Gasteiger partial charge in [-0.1, -0.05) is 17.7 Å². The van der Waals surface area contributed by atoms with Gasteiger partial charge in [-0.3, -0.25) is 19.2 Å². The number of fused-ring (bicyclic) bond motifs is 2. The molecule has 1 aromatic rings. The molecular weight excluding hydrogens is 389 g/mol. The molecule has 7 nitrogen and oxygen atoms in total. The van der Waals surface area contributed by atoms with Crippen LogP contribution in [0.4, 0.5) is 4.39 Å². The lowest BCUT2D eigenvalue weighted by Crippen LogP contribution is -2.55. The molecular formula is C19H17ClFN3O4. The first-order valence-corrected chi connectivity index (χ1v) is 9.36. The number of carbonyl (C=O) groups is 4.